The van der Waals surface area contributed by atoms with Crippen molar-refractivity contribution in [3.63, 3.8) is 0 Å². The summed E-state index contributed by atoms with van der Waals surface area (Å²) >= 11 is 5.94. The molecule has 0 bridgehead atoms. The zero-order valence-corrected chi connectivity index (χ0v) is 15.3. The smallest absolute Gasteiger partial charge is 0.387 e. The number of allylic oxidation sites excluding steroid dienone is 1. The number of carbonyl (C=O) groups is 1. The molecule has 0 saturated heterocycles. The highest BCUT2D eigenvalue weighted by Crippen LogP contribution is 2.31. The molecule has 0 amide bonds. The van der Waals surface area contributed by atoms with E-state index in [1.165, 1.54) is 37.6 Å². The minimum absolute atomic E-state index is 0.0560. The number of fused-ring (bicyclic) bond motifs is 1. The highest BCUT2D eigenvalue weighted by molar-refractivity contribution is 6.31. The average molecular weight is 403 g/mol. The number of ketones is 1. The van der Waals surface area contributed by atoms with Crippen LogP contribution in [-0.2, 0) is 0 Å². The number of methoxy groups -OCH3 is 1. The molecule has 142 valence electrons. The summed E-state index contributed by atoms with van der Waals surface area (Å²) in [5.74, 6) is -0.573. The molecule has 0 saturated carbocycles. The third-order valence-corrected chi connectivity index (χ3v) is 4.20. The second-order valence-corrected chi connectivity index (χ2v) is 6.12. The summed E-state index contributed by atoms with van der Waals surface area (Å²) < 4.78 is 34.2. The van der Waals surface area contributed by atoms with Gasteiger partial charge in [0, 0.05) is 27.7 Å². The molecule has 0 aliphatic carbocycles. The molecule has 0 unspecified atom stereocenters. The van der Waals surface area contributed by atoms with E-state index in [1.807, 2.05) is 6.07 Å². The van der Waals surface area contributed by atoms with E-state index in [1.54, 1.807) is 18.2 Å². The Morgan fingerprint density at radius 3 is 2.71 bits per heavy atom. The molecule has 3 aromatic rings. The summed E-state index contributed by atoms with van der Waals surface area (Å²) in [6.07, 6.45) is 2.86. The molecule has 8 heteroatoms. The Balaban J connectivity index is 1.97. The first-order chi connectivity index (χ1) is 13.4. The number of halogens is 3. The fraction of sp³-hybridized carbons (Fsp3) is 0.100. The third kappa shape index (κ3) is 3.97. The summed E-state index contributed by atoms with van der Waals surface area (Å²) in [6, 6.07) is 11.0. The Labute approximate surface area is 163 Å². The van der Waals surface area contributed by atoms with Gasteiger partial charge in [-0.2, -0.15) is 14.0 Å². The quantitative estimate of drug-likeness (QED) is 0.348. The van der Waals surface area contributed by atoms with Crippen LogP contribution < -0.4 is 9.47 Å². The van der Waals surface area contributed by atoms with Crippen molar-refractivity contribution in [1.82, 2.24) is 4.98 Å². The highest BCUT2D eigenvalue weighted by Gasteiger charge is 2.17. The van der Waals surface area contributed by atoms with Crippen molar-refractivity contribution in [1.29, 1.82) is 5.26 Å². The Hall–Kier alpha value is -3.37. The number of benzene rings is 2. The molecule has 28 heavy (non-hydrogen) atoms. The Bertz CT molecular complexity index is 1120. The number of hydrogen-bond acceptors (Lipinski definition) is 4. The van der Waals surface area contributed by atoms with Crippen LogP contribution in [0.25, 0.3) is 17.0 Å². The summed E-state index contributed by atoms with van der Waals surface area (Å²) in [5.41, 5.74) is 1.29. The van der Waals surface area contributed by atoms with Crippen molar-refractivity contribution in [3.05, 3.63) is 64.3 Å². The second kappa shape index (κ2) is 8.11. The van der Waals surface area contributed by atoms with Crippen LogP contribution in [-0.4, -0.2) is 24.5 Å². The molecule has 2 aromatic carbocycles. The van der Waals surface area contributed by atoms with Gasteiger partial charge in [-0.25, -0.2) is 0 Å². The number of ether oxygens (including phenoxy) is 2. The number of H-pyrrole nitrogens is 1. The van der Waals surface area contributed by atoms with Gasteiger partial charge in [-0.3, -0.25) is 4.79 Å². The molecule has 0 fully saturated rings. The highest BCUT2D eigenvalue weighted by atomic mass is 35.5. The van der Waals surface area contributed by atoms with Crippen molar-refractivity contribution >= 4 is 34.4 Å². The fourth-order valence-corrected chi connectivity index (χ4v) is 2.89. The molecule has 5 nitrogen and oxygen atoms in total. The number of aromatic nitrogens is 1. The van der Waals surface area contributed by atoms with E-state index >= 15 is 0 Å². The normalized spacial score (nSPS) is 11.5. The lowest BCUT2D eigenvalue weighted by Crippen LogP contribution is -2.04. The van der Waals surface area contributed by atoms with E-state index in [0.29, 0.717) is 27.1 Å². The minimum Gasteiger partial charge on any atom is -0.493 e. The molecule has 0 spiro atoms. The monoisotopic (exact) mass is 402 g/mol. The molecule has 0 radical (unpaired) electrons. The molecular formula is C20H13ClF2N2O3. The lowest BCUT2D eigenvalue weighted by atomic mass is 10.0. The lowest BCUT2D eigenvalue weighted by Gasteiger charge is -2.10. The number of alkyl halides is 2. The Morgan fingerprint density at radius 2 is 2.04 bits per heavy atom. The summed E-state index contributed by atoms with van der Waals surface area (Å²) in [4.78, 5) is 15.8. The zero-order chi connectivity index (χ0) is 20.3. The largest absolute Gasteiger partial charge is 0.493 e. The zero-order valence-electron chi connectivity index (χ0n) is 14.5. The van der Waals surface area contributed by atoms with Crippen LogP contribution in [0.3, 0.4) is 0 Å². The average Bonchev–Trinajstić information content (AvgIpc) is 3.09. The van der Waals surface area contributed by atoms with Gasteiger partial charge in [-0.15, -0.1) is 0 Å². The van der Waals surface area contributed by atoms with Crippen molar-refractivity contribution in [2.75, 3.05) is 7.11 Å². The predicted octanol–water partition coefficient (Wildman–Crippen LogP) is 5.22. The first-order valence-corrected chi connectivity index (χ1v) is 8.36. The van der Waals surface area contributed by atoms with Crippen LogP contribution in [0.4, 0.5) is 8.78 Å². The lowest BCUT2D eigenvalue weighted by molar-refractivity contribution is -0.0512. The number of nitrogens with one attached hydrogen (secondary N) is 1. The summed E-state index contributed by atoms with van der Waals surface area (Å²) in [6.45, 7) is -3.00. The predicted molar refractivity (Wildman–Crippen MR) is 101 cm³/mol. The number of rotatable bonds is 6. The van der Waals surface area contributed by atoms with Gasteiger partial charge in [-0.1, -0.05) is 23.7 Å². The van der Waals surface area contributed by atoms with Crippen LogP contribution >= 0.6 is 11.6 Å². The van der Waals surface area contributed by atoms with Crippen LogP contribution in [0.15, 0.2) is 48.2 Å². The van der Waals surface area contributed by atoms with E-state index in [4.69, 9.17) is 16.3 Å². The maximum Gasteiger partial charge on any atom is 0.387 e. The maximum atomic E-state index is 12.8. The molecule has 1 N–H and O–H groups in total. The van der Waals surface area contributed by atoms with Gasteiger partial charge in [0.15, 0.2) is 11.5 Å². The van der Waals surface area contributed by atoms with Crippen molar-refractivity contribution < 1.29 is 23.0 Å². The first-order valence-electron chi connectivity index (χ1n) is 7.99. The standard InChI is InChI=1S/C20H13ClF2N2O3/c1-27-18-7-11(2-5-17(18)28-20(22)23)6-12(9-24)19(26)15-10-25-16-8-13(21)3-4-14(15)16/h2-8,10,20,25H,1H3/b12-6-. The number of nitrogens with zero attached hydrogens (tertiary/aromatic N) is 1. The molecule has 0 aliphatic rings. The van der Waals surface area contributed by atoms with E-state index in [9.17, 15) is 18.8 Å². The van der Waals surface area contributed by atoms with Crippen molar-refractivity contribution in [2.45, 2.75) is 6.61 Å². The minimum atomic E-state index is -3.00. The van der Waals surface area contributed by atoms with Crippen molar-refractivity contribution in [3.8, 4) is 17.6 Å². The Morgan fingerprint density at radius 1 is 1.25 bits per heavy atom. The molecule has 1 aromatic heterocycles. The van der Waals surface area contributed by atoms with Crippen LogP contribution in [0.2, 0.25) is 5.02 Å². The topological polar surface area (TPSA) is 75.1 Å². The number of carbonyl (C=O) groups excluding carboxylic acids is 1. The Kier molecular flexibility index (Phi) is 5.62. The SMILES string of the molecule is COc1cc(/C=C(/C#N)C(=O)c2c[nH]c3cc(Cl)ccc23)ccc1OC(F)F. The number of aromatic amines is 1. The third-order valence-electron chi connectivity index (χ3n) is 3.97. The molecule has 1 heterocycles. The van der Waals surface area contributed by atoms with E-state index < -0.39 is 12.4 Å². The summed E-state index contributed by atoms with van der Waals surface area (Å²) in [7, 11) is 1.30. The fourth-order valence-electron chi connectivity index (χ4n) is 2.71. The number of Topliss-reactive ketones (excluding diaryl/α,β-unsaturated/α-hetero) is 1. The molecule has 0 aliphatic heterocycles. The van der Waals surface area contributed by atoms with Gasteiger partial charge in [0.2, 0.25) is 5.78 Å². The maximum absolute atomic E-state index is 12.8. The molecular weight excluding hydrogens is 390 g/mol. The van der Waals surface area contributed by atoms with Crippen LogP contribution in [0, 0.1) is 11.3 Å². The van der Waals surface area contributed by atoms with Gasteiger partial charge < -0.3 is 14.5 Å². The number of nitriles is 1. The second-order valence-electron chi connectivity index (χ2n) is 5.68. The van der Waals surface area contributed by atoms with E-state index in [0.717, 1.165) is 0 Å². The van der Waals surface area contributed by atoms with Gasteiger partial charge in [0.05, 0.1) is 7.11 Å². The van der Waals surface area contributed by atoms with Crippen molar-refractivity contribution in [2.24, 2.45) is 0 Å². The summed E-state index contributed by atoms with van der Waals surface area (Å²) in [5, 5.41) is 10.6. The van der Waals surface area contributed by atoms with Gasteiger partial charge >= 0.3 is 6.61 Å². The molecule has 3 rings (SSSR count). The first kappa shape index (κ1) is 19.4. The number of hydrogen-bond donors (Lipinski definition) is 1. The van der Waals surface area contributed by atoms with Gasteiger partial charge in [0.25, 0.3) is 0 Å². The van der Waals surface area contributed by atoms with Crippen LogP contribution in [0.1, 0.15) is 15.9 Å². The van der Waals surface area contributed by atoms with Gasteiger partial charge in [-0.05, 0) is 35.9 Å². The van der Waals surface area contributed by atoms with Crippen LogP contribution in [0.5, 0.6) is 11.5 Å². The van der Waals surface area contributed by atoms with Gasteiger partial charge in [0.1, 0.15) is 11.6 Å². The van der Waals surface area contributed by atoms with E-state index in [-0.39, 0.29) is 17.1 Å². The molecule has 0 atom stereocenters. The van der Waals surface area contributed by atoms with E-state index in [2.05, 4.69) is 9.72 Å².